The van der Waals surface area contributed by atoms with E-state index in [2.05, 4.69) is 4.98 Å². The van der Waals surface area contributed by atoms with E-state index in [9.17, 15) is 9.18 Å². The fourth-order valence-electron chi connectivity index (χ4n) is 2.57. The highest BCUT2D eigenvalue weighted by Crippen LogP contribution is 2.28. The predicted octanol–water partition coefficient (Wildman–Crippen LogP) is 3.12. The molecule has 0 radical (unpaired) electrons. The number of carbonyl (C=O) groups is 1. The van der Waals surface area contributed by atoms with Gasteiger partial charge in [-0.1, -0.05) is 0 Å². The molecule has 0 bridgehead atoms. The van der Waals surface area contributed by atoms with E-state index >= 15 is 0 Å². The van der Waals surface area contributed by atoms with Gasteiger partial charge in [-0.25, -0.2) is 9.37 Å². The van der Waals surface area contributed by atoms with E-state index in [1.54, 1.807) is 23.5 Å². The van der Waals surface area contributed by atoms with Crippen molar-refractivity contribution < 1.29 is 18.7 Å². The molecule has 0 saturated carbocycles. The SMILES string of the molecule is COc1csc(C(=O)N(c2ccc(F)cn2)C2CCOCC2)c1. The minimum Gasteiger partial charge on any atom is -0.496 e. The van der Waals surface area contributed by atoms with Gasteiger partial charge in [0.05, 0.1) is 18.2 Å². The van der Waals surface area contributed by atoms with E-state index in [4.69, 9.17) is 9.47 Å². The summed E-state index contributed by atoms with van der Waals surface area (Å²) in [6.07, 6.45) is 2.59. The van der Waals surface area contributed by atoms with Gasteiger partial charge in [0, 0.05) is 30.7 Å². The van der Waals surface area contributed by atoms with Crippen LogP contribution in [0.5, 0.6) is 5.75 Å². The lowest BCUT2D eigenvalue weighted by Crippen LogP contribution is -2.44. The lowest BCUT2D eigenvalue weighted by molar-refractivity contribution is 0.0772. The molecular weight excluding hydrogens is 319 g/mol. The van der Waals surface area contributed by atoms with Crippen LogP contribution in [0.4, 0.5) is 10.2 Å². The van der Waals surface area contributed by atoms with E-state index in [-0.39, 0.29) is 11.9 Å². The molecule has 3 rings (SSSR count). The Kier molecular flexibility index (Phi) is 4.88. The van der Waals surface area contributed by atoms with Gasteiger partial charge in [0.2, 0.25) is 0 Å². The zero-order valence-electron chi connectivity index (χ0n) is 12.7. The molecule has 0 spiro atoms. The number of carbonyl (C=O) groups excluding carboxylic acids is 1. The van der Waals surface area contributed by atoms with Crippen LogP contribution in [-0.2, 0) is 4.74 Å². The van der Waals surface area contributed by atoms with Gasteiger partial charge in [-0.2, -0.15) is 0 Å². The van der Waals surface area contributed by atoms with Crippen LogP contribution in [0.2, 0.25) is 0 Å². The van der Waals surface area contributed by atoms with E-state index in [0.717, 1.165) is 19.0 Å². The van der Waals surface area contributed by atoms with Crippen LogP contribution in [0.3, 0.4) is 0 Å². The summed E-state index contributed by atoms with van der Waals surface area (Å²) in [5.41, 5.74) is 0. The van der Waals surface area contributed by atoms with Gasteiger partial charge in [0.1, 0.15) is 17.4 Å². The van der Waals surface area contributed by atoms with Gasteiger partial charge in [-0.05, 0) is 25.0 Å². The molecule has 2 aromatic heterocycles. The number of hydrogen-bond acceptors (Lipinski definition) is 5. The number of pyridine rings is 1. The number of aromatic nitrogens is 1. The fraction of sp³-hybridized carbons (Fsp3) is 0.375. The largest absolute Gasteiger partial charge is 0.496 e. The Morgan fingerprint density at radius 3 is 2.83 bits per heavy atom. The normalized spacial score (nSPS) is 15.4. The van der Waals surface area contributed by atoms with Crippen molar-refractivity contribution in [2.75, 3.05) is 25.2 Å². The Balaban J connectivity index is 1.93. The fourth-order valence-corrected chi connectivity index (χ4v) is 3.36. The molecule has 5 nitrogen and oxygen atoms in total. The molecule has 0 aliphatic carbocycles. The number of amides is 1. The van der Waals surface area contributed by atoms with Crippen molar-refractivity contribution in [1.82, 2.24) is 4.98 Å². The van der Waals surface area contributed by atoms with E-state index in [1.165, 1.54) is 23.5 Å². The summed E-state index contributed by atoms with van der Waals surface area (Å²) in [5, 5.41) is 1.79. The lowest BCUT2D eigenvalue weighted by Gasteiger charge is -2.33. The Bertz CT molecular complexity index is 668. The molecule has 7 heteroatoms. The average Bonchev–Trinajstić information content (AvgIpc) is 3.07. The van der Waals surface area contributed by atoms with Gasteiger partial charge in [-0.15, -0.1) is 11.3 Å². The average molecular weight is 336 g/mol. The number of hydrogen-bond donors (Lipinski definition) is 0. The smallest absolute Gasteiger partial charge is 0.269 e. The van der Waals surface area contributed by atoms with Gasteiger partial charge < -0.3 is 9.47 Å². The summed E-state index contributed by atoms with van der Waals surface area (Å²) in [6.45, 7) is 1.20. The summed E-state index contributed by atoms with van der Waals surface area (Å²) in [5.74, 6) is 0.531. The van der Waals surface area contributed by atoms with Crippen molar-refractivity contribution in [3.63, 3.8) is 0 Å². The first kappa shape index (κ1) is 15.9. The number of anilines is 1. The first-order valence-corrected chi connectivity index (χ1v) is 8.22. The van der Waals surface area contributed by atoms with Crippen molar-refractivity contribution >= 4 is 23.1 Å². The van der Waals surface area contributed by atoms with Gasteiger partial charge in [0.15, 0.2) is 0 Å². The topological polar surface area (TPSA) is 51.7 Å². The van der Waals surface area contributed by atoms with E-state index in [1.807, 2.05) is 0 Å². The van der Waals surface area contributed by atoms with Crippen LogP contribution in [0, 0.1) is 5.82 Å². The van der Waals surface area contributed by atoms with Gasteiger partial charge in [-0.3, -0.25) is 9.69 Å². The molecule has 1 aliphatic rings. The second kappa shape index (κ2) is 7.06. The second-order valence-electron chi connectivity index (χ2n) is 5.20. The zero-order valence-corrected chi connectivity index (χ0v) is 13.5. The minimum atomic E-state index is -0.425. The van der Waals surface area contributed by atoms with Crippen LogP contribution in [-0.4, -0.2) is 37.3 Å². The Morgan fingerprint density at radius 2 is 2.22 bits per heavy atom. The van der Waals surface area contributed by atoms with E-state index < -0.39 is 5.82 Å². The highest BCUT2D eigenvalue weighted by Gasteiger charge is 2.30. The molecule has 0 atom stereocenters. The molecule has 2 aromatic rings. The van der Waals surface area contributed by atoms with Gasteiger partial charge in [0.25, 0.3) is 5.91 Å². The number of thiophene rings is 1. The van der Waals surface area contributed by atoms with E-state index in [0.29, 0.717) is 29.7 Å². The maximum Gasteiger partial charge on any atom is 0.269 e. The molecule has 1 aliphatic heterocycles. The van der Waals surface area contributed by atoms with Crippen molar-refractivity contribution in [1.29, 1.82) is 0 Å². The predicted molar refractivity (Wildman–Crippen MR) is 85.7 cm³/mol. The van der Waals surface area contributed by atoms with Crippen LogP contribution in [0.15, 0.2) is 29.8 Å². The van der Waals surface area contributed by atoms with Gasteiger partial charge >= 0.3 is 0 Å². The maximum atomic E-state index is 13.2. The Hall–Kier alpha value is -1.99. The van der Waals surface area contributed by atoms with Crippen LogP contribution < -0.4 is 9.64 Å². The molecule has 23 heavy (non-hydrogen) atoms. The number of rotatable bonds is 4. The van der Waals surface area contributed by atoms with Crippen LogP contribution in [0.25, 0.3) is 0 Å². The maximum absolute atomic E-state index is 13.2. The lowest BCUT2D eigenvalue weighted by atomic mass is 10.1. The summed E-state index contributed by atoms with van der Waals surface area (Å²) >= 11 is 1.32. The summed E-state index contributed by atoms with van der Waals surface area (Å²) in [6, 6.07) is 4.55. The standard InChI is InChI=1S/C16H17FN2O3S/c1-21-13-8-14(23-10-13)16(20)19(12-4-6-22-7-5-12)15-3-2-11(17)9-18-15/h2-3,8-10,12H,4-7H2,1H3. The molecule has 3 heterocycles. The van der Waals surface area contributed by atoms with Crippen LogP contribution >= 0.6 is 11.3 Å². The number of ether oxygens (including phenoxy) is 2. The highest BCUT2D eigenvalue weighted by atomic mass is 32.1. The quantitative estimate of drug-likeness (QED) is 0.861. The molecule has 0 aromatic carbocycles. The second-order valence-corrected chi connectivity index (χ2v) is 6.12. The molecule has 1 fully saturated rings. The number of nitrogens with zero attached hydrogens (tertiary/aromatic N) is 2. The summed E-state index contributed by atoms with van der Waals surface area (Å²) in [7, 11) is 1.56. The van der Waals surface area contributed by atoms with Crippen LogP contribution in [0.1, 0.15) is 22.5 Å². The molecular formula is C16H17FN2O3S. The monoisotopic (exact) mass is 336 g/mol. The minimum absolute atomic E-state index is 0.0118. The molecule has 122 valence electrons. The summed E-state index contributed by atoms with van der Waals surface area (Å²) in [4.78, 5) is 19.3. The highest BCUT2D eigenvalue weighted by molar-refractivity contribution is 7.12. The van der Waals surface area contributed by atoms with Crippen molar-refractivity contribution in [3.05, 3.63) is 40.5 Å². The first-order chi connectivity index (χ1) is 11.2. The summed E-state index contributed by atoms with van der Waals surface area (Å²) < 4.78 is 23.7. The number of halogens is 1. The molecule has 1 amide bonds. The first-order valence-electron chi connectivity index (χ1n) is 7.34. The zero-order chi connectivity index (χ0) is 16.2. The Morgan fingerprint density at radius 1 is 1.43 bits per heavy atom. The Labute approximate surface area is 137 Å². The molecule has 0 N–H and O–H groups in total. The molecule has 0 unspecified atom stereocenters. The third-order valence-corrected chi connectivity index (χ3v) is 4.65. The third-order valence-electron chi connectivity index (χ3n) is 3.76. The third kappa shape index (κ3) is 3.51. The molecule has 1 saturated heterocycles. The van der Waals surface area contributed by atoms with Crippen molar-refractivity contribution in [3.8, 4) is 5.75 Å². The number of methoxy groups -OCH3 is 1. The van der Waals surface area contributed by atoms with Crippen molar-refractivity contribution in [2.45, 2.75) is 18.9 Å². The van der Waals surface area contributed by atoms with Crippen molar-refractivity contribution in [2.24, 2.45) is 0 Å².